The molecule has 1 amide bonds. The van der Waals surface area contributed by atoms with Crippen molar-refractivity contribution >= 4 is 40.7 Å². The number of nitrogens with one attached hydrogen (secondary N) is 1. The van der Waals surface area contributed by atoms with Crippen LogP contribution >= 0.6 is 11.6 Å². The zero-order valence-corrected chi connectivity index (χ0v) is 17.8. The highest BCUT2D eigenvalue weighted by molar-refractivity contribution is 6.31. The smallest absolute Gasteiger partial charge is 0.418 e. The van der Waals surface area contributed by atoms with E-state index in [1.165, 1.54) is 30.3 Å². The highest BCUT2D eigenvalue weighted by Gasteiger charge is 2.35. The number of halogens is 4. The molecule has 0 saturated carbocycles. The molecule has 0 aromatic heterocycles. The SMILES string of the molecule is O=C(COC(=O)c1cccc2c1C(=O)c1ccccc1C2=O)Nc1ccc(Cl)cc1C(F)(F)F. The fraction of sp³-hybridized carbons (Fsp3) is 0.0833. The van der Waals surface area contributed by atoms with Gasteiger partial charge in [0, 0.05) is 27.3 Å². The molecule has 4 rings (SSSR count). The summed E-state index contributed by atoms with van der Waals surface area (Å²) in [6.07, 6.45) is -4.78. The molecule has 6 nitrogen and oxygen atoms in total. The Hall–Kier alpha value is -3.98. The summed E-state index contributed by atoms with van der Waals surface area (Å²) in [5, 5.41) is 1.85. The molecule has 3 aromatic rings. The zero-order valence-electron chi connectivity index (χ0n) is 17.0. The summed E-state index contributed by atoms with van der Waals surface area (Å²) in [5.41, 5.74) is -1.78. The van der Waals surface area contributed by atoms with E-state index >= 15 is 0 Å². The minimum atomic E-state index is -4.78. The average molecular weight is 488 g/mol. The zero-order chi connectivity index (χ0) is 24.6. The van der Waals surface area contributed by atoms with Crippen molar-refractivity contribution in [1.29, 1.82) is 0 Å². The Morgan fingerprint density at radius 2 is 1.53 bits per heavy atom. The van der Waals surface area contributed by atoms with Gasteiger partial charge in [0.15, 0.2) is 18.2 Å². The molecule has 0 bridgehead atoms. The number of anilines is 1. The van der Waals surface area contributed by atoms with Gasteiger partial charge < -0.3 is 10.1 Å². The molecule has 0 radical (unpaired) electrons. The summed E-state index contributed by atoms with van der Waals surface area (Å²) in [5.74, 6) is -3.13. The summed E-state index contributed by atoms with van der Waals surface area (Å²) in [6.45, 7) is -0.929. The van der Waals surface area contributed by atoms with Gasteiger partial charge >= 0.3 is 12.1 Å². The fourth-order valence-corrected chi connectivity index (χ4v) is 3.74. The van der Waals surface area contributed by atoms with Gasteiger partial charge in [0.2, 0.25) is 0 Å². The minimum Gasteiger partial charge on any atom is -0.452 e. The molecule has 0 spiro atoms. The number of hydrogen-bond donors (Lipinski definition) is 1. The topological polar surface area (TPSA) is 89.5 Å². The van der Waals surface area contributed by atoms with Crippen LogP contribution in [0.25, 0.3) is 0 Å². The lowest BCUT2D eigenvalue weighted by Crippen LogP contribution is -2.26. The number of ketones is 2. The predicted octanol–water partition coefficient (Wildman–Crippen LogP) is 4.93. The van der Waals surface area contributed by atoms with Gasteiger partial charge in [0.25, 0.3) is 5.91 Å². The van der Waals surface area contributed by atoms with E-state index in [4.69, 9.17) is 16.3 Å². The molecule has 3 aromatic carbocycles. The Morgan fingerprint density at radius 1 is 0.882 bits per heavy atom. The van der Waals surface area contributed by atoms with Crippen molar-refractivity contribution in [1.82, 2.24) is 0 Å². The van der Waals surface area contributed by atoms with Gasteiger partial charge in [-0.2, -0.15) is 13.2 Å². The first-order valence-corrected chi connectivity index (χ1v) is 10.1. The van der Waals surface area contributed by atoms with Crippen LogP contribution in [0.4, 0.5) is 18.9 Å². The summed E-state index contributed by atoms with van der Waals surface area (Å²) in [7, 11) is 0. The number of fused-ring (bicyclic) bond motifs is 2. The lowest BCUT2D eigenvalue weighted by atomic mass is 9.82. The predicted molar refractivity (Wildman–Crippen MR) is 115 cm³/mol. The van der Waals surface area contributed by atoms with Crippen LogP contribution in [-0.2, 0) is 15.7 Å². The van der Waals surface area contributed by atoms with E-state index in [1.54, 1.807) is 12.1 Å². The van der Waals surface area contributed by atoms with Gasteiger partial charge in [0.1, 0.15) is 0 Å². The van der Waals surface area contributed by atoms with Gasteiger partial charge in [-0.25, -0.2) is 4.79 Å². The van der Waals surface area contributed by atoms with Crippen molar-refractivity contribution in [3.8, 4) is 0 Å². The quantitative estimate of drug-likeness (QED) is 0.412. The van der Waals surface area contributed by atoms with Crippen LogP contribution in [0.1, 0.15) is 47.8 Å². The van der Waals surface area contributed by atoms with Crippen LogP contribution in [0.5, 0.6) is 0 Å². The number of hydrogen-bond acceptors (Lipinski definition) is 5. The summed E-state index contributed by atoms with van der Waals surface area (Å²) in [6, 6.07) is 13.0. The van der Waals surface area contributed by atoms with Gasteiger partial charge in [-0.3, -0.25) is 14.4 Å². The molecule has 1 aliphatic rings. The van der Waals surface area contributed by atoms with Gasteiger partial charge in [-0.15, -0.1) is 0 Å². The second kappa shape index (κ2) is 8.75. The lowest BCUT2D eigenvalue weighted by Gasteiger charge is -2.19. The van der Waals surface area contributed by atoms with Crippen LogP contribution in [0.3, 0.4) is 0 Å². The number of carbonyl (C=O) groups is 4. The Bertz CT molecular complexity index is 1370. The normalized spacial score (nSPS) is 12.6. The van der Waals surface area contributed by atoms with Crippen molar-refractivity contribution in [2.75, 3.05) is 11.9 Å². The molecule has 0 unspecified atom stereocenters. The van der Waals surface area contributed by atoms with E-state index < -0.39 is 47.5 Å². The molecule has 0 atom stereocenters. The average Bonchev–Trinajstić information content (AvgIpc) is 2.81. The van der Waals surface area contributed by atoms with E-state index in [-0.39, 0.29) is 32.8 Å². The standard InChI is InChI=1S/C24H13ClF3NO5/c25-12-8-9-18(17(10-12)24(26,27)28)29-19(30)11-34-23(33)16-7-3-6-15-20(16)22(32)14-5-2-1-4-13(14)21(15)31/h1-10H,11H2,(H,29,30). The van der Waals surface area contributed by atoms with Gasteiger partial charge in [0.05, 0.1) is 16.8 Å². The van der Waals surface area contributed by atoms with Crippen LogP contribution < -0.4 is 5.32 Å². The summed E-state index contributed by atoms with van der Waals surface area (Å²) < 4.78 is 44.5. The maximum absolute atomic E-state index is 13.2. The maximum Gasteiger partial charge on any atom is 0.418 e. The van der Waals surface area contributed by atoms with Crippen molar-refractivity contribution < 1.29 is 37.1 Å². The van der Waals surface area contributed by atoms with Crippen molar-refractivity contribution in [3.05, 3.63) is 99.1 Å². The van der Waals surface area contributed by atoms with Crippen molar-refractivity contribution in [3.63, 3.8) is 0 Å². The Balaban J connectivity index is 1.53. The first kappa shape index (κ1) is 23.2. The molecule has 1 aliphatic carbocycles. The molecule has 0 heterocycles. The van der Waals surface area contributed by atoms with Crippen LogP contribution in [0.15, 0.2) is 60.7 Å². The number of ether oxygens (including phenoxy) is 1. The first-order valence-electron chi connectivity index (χ1n) is 9.73. The Morgan fingerprint density at radius 3 is 2.21 bits per heavy atom. The number of amides is 1. The molecule has 1 N–H and O–H groups in total. The van der Waals surface area contributed by atoms with E-state index in [1.807, 2.05) is 5.32 Å². The van der Waals surface area contributed by atoms with E-state index in [9.17, 15) is 32.3 Å². The number of alkyl halides is 3. The molecule has 0 saturated heterocycles. The Kier molecular flexibility index (Phi) is 5.97. The van der Waals surface area contributed by atoms with Crippen LogP contribution in [0, 0.1) is 0 Å². The maximum atomic E-state index is 13.2. The number of esters is 1. The molecule has 34 heavy (non-hydrogen) atoms. The summed E-state index contributed by atoms with van der Waals surface area (Å²) in [4.78, 5) is 50.5. The molecular weight excluding hydrogens is 475 g/mol. The molecule has 0 fully saturated rings. The molecule has 0 aliphatic heterocycles. The number of rotatable bonds is 4. The minimum absolute atomic E-state index is 0.0126. The van der Waals surface area contributed by atoms with E-state index in [2.05, 4.69) is 0 Å². The largest absolute Gasteiger partial charge is 0.452 e. The van der Waals surface area contributed by atoms with Crippen molar-refractivity contribution in [2.24, 2.45) is 0 Å². The Labute approximate surface area is 195 Å². The first-order chi connectivity index (χ1) is 16.1. The monoisotopic (exact) mass is 487 g/mol. The van der Waals surface area contributed by atoms with Gasteiger partial charge in [-0.1, -0.05) is 48.0 Å². The highest BCUT2D eigenvalue weighted by Crippen LogP contribution is 2.36. The second-order valence-corrected chi connectivity index (χ2v) is 7.68. The van der Waals surface area contributed by atoms with Gasteiger partial charge in [-0.05, 0) is 24.3 Å². The third-order valence-corrected chi connectivity index (χ3v) is 5.30. The molecule has 10 heteroatoms. The van der Waals surface area contributed by atoms with E-state index in [0.29, 0.717) is 6.07 Å². The fourth-order valence-electron chi connectivity index (χ4n) is 3.57. The van der Waals surface area contributed by atoms with Crippen LogP contribution in [0.2, 0.25) is 5.02 Å². The molecule has 172 valence electrons. The third kappa shape index (κ3) is 4.29. The lowest BCUT2D eigenvalue weighted by molar-refractivity contribution is -0.137. The third-order valence-electron chi connectivity index (χ3n) is 5.07. The number of benzene rings is 3. The molecular formula is C24H13ClF3NO5. The van der Waals surface area contributed by atoms with E-state index in [0.717, 1.165) is 12.1 Å². The number of carbonyl (C=O) groups excluding carboxylic acids is 4. The van der Waals surface area contributed by atoms with Crippen LogP contribution in [-0.4, -0.2) is 30.0 Å². The van der Waals surface area contributed by atoms with Crippen molar-refractivity contribution in [2.45, 2.75) is 6.18 Å². The summed E-state index contributed by atoms with van der Waals surface area (Å²) >= 11 is 5.61. The highest BCUT2D eigenvalue weighted by atomic mass is 35.5. The second-order valence-electron chi connectivity index (χ2n) is 7.24.